The van der Waals surface area contributed by atoms with Gasteiger partial charge in [-0.05, 0) is 68.1 Å². The molecule has 112 valence electrons. The van der Waals surface area contributed by atoms with Gasteiger partial charge in [0.05, 0.1) is 0 Å². The van der Waals surface area contributed by atoms with E-state index in [1.54, 1.807) is 6.07 Å². The first-order chi connectivity index (χ1) is 9.88. The van der Waals surface area contributed by atoms with Gasteiger partial charge in [0.15, 0.2) is 0 Å². The summed E-state index contributed by atoms with van der Waals surface area (Å²) in [5, 5.41) is 0. The highest BCUT2D eigenvalue weighted by Crippen LogP contribution is 2.30. The smallest absolute Gasteiger partial charge is 0.139 e. The second-order valence-corrected chi connectivity index (χ2v) is 5.66. The lowest BCUT2D eigenvalue weighted by Gasteiger charge is -2.25. The lowest BCUT2D eigenvalue weighted by molar-refractivity contribution is 0.178. The molecule has 0 saturated heterocycles. The van der Waals surface area contributed by atoms with E-state index in [4.69, 9.17) is 10.5 Å². The van der Waals surface area contributed by atoms with Crippen molar-refractivity contribution in [1.29, 1.82) is 0 Å². The second-order valence-electron chi connectivity index (χ2n) is 5.66. The first-order valence-corrected chi connectivity index (χ1v) is 7.14. The zero-order chi connectivity index (χ0) is 15.6. The van der Waals surface area contributed by atoms with Crippen molar-refractivity contribution < 1.29 is 9.13 Å². The Balaban J connectivity index is 2.38. The molecule has 0 heterocycles. The number of hydrogen-bond donors (Lipinski definition) is 1. The summed E-state index contributed by atoms with van der Waals surface area (Å²) < 4.78 is 19.6. The highest BCUT2D eigenvalue weighted by Gasteiger charge is 2.20. The highest BCUT2D eigenvalue weighted by molar-refractivity contribution is 5.42. The molecule has 2 aromatic carbocycles. The molecule has 2 atom stereocenters. The zero-order valence-corrected chi connectivity index (χ0v) is 13.0. The minimum Gasteiger partial charge on any atom is -0.484 e. The van der Waals surface area contributed by atoms with E-state index in [0.29, 0.717) is 0 Å². The van der Waals surface area contributed by atoms with Gasteiger partial charge in [0.25, 0.3) is 0 Å². The Morgan fingerprint density at radius 3 is 2.43 bits per heavy atom. The van der Waals surface area contributed by atoms with Gasteiger partial charge in [-0.2, -0.15) is 0 Å². The van der Waals surface area contributed by atoms with Gasteiger partial charge in [-0.15, -0.1) is 0 Å². The van der Waals surface area contributed by atoms with Gasteiger partial charge in [-0.3, -0.25) is 0 Å². The van der Waals surface area contributed by atoms with Gasteiger partial charge in [0.1, 0.15) is 17.7 Å². The van der Waals surface area contributed by atoms with Crippen LogP contribution in [0, 0.1) is 26.6 Å². The van der Waals surface area contributed by atoms with E-state index in [1.807, 2.05) is 32.9 Å². The molecule has 0 aliphatic rings. The van der Waals surface area contributed by atoms with Crippen LogP contribution in [-0.2, 0) is 0 Å². The number of aryl methyl sites for hydroxylation is 2. The maximum Gasteiger partial charge on any atom is 0.139 e. The molecule has 0 radical (unpaired) electrons. The molecule has 2 aromatic rings. The predicted octanol–water partition coefficient (Wildman–Crippen LogP) is 4.22. The molecule has 21 heavy (non-hydrogen) atoms. The van der Waals surface area contributed by atoms with Crippen molar-refractivity contribution in [3.63, 3.8) is 0 Å². The summed E-state index contributed by atoms with van der Waals surface area (Å²) >= 11 is 0. The van der Waals surface area contributed by atoms with Crippen molar-refractivity contribution in [3.8, 4) is 5.75 Å². The van der Waals surface area contributed by atoms with Gasteiger partial charge in [0, 0.05) is 6.04 Å². The number of hydrogen-bond acceptors (Lipinski definition) is 2. The minimum atomic E-state index is -0.374. The molecule has 0 aliphatic heterocycles. The Morgan fingerprint density at radius 1 is 1.10 bits per heavy atom. The monoisotopic (exact) mass is 287 g/mol. The predicted molar refractivity (Wildman–Crippen MR) is 84.1 cm³/mol. The highest BCUT2D eigenvalue weighted by atomic mass is 19.1. The maximum atomic E-state index is 13.4. The molecule has 3 heteroatoms. The minimum absolute atomic E-state index is 0.244. The average Bonchev–Trinajstić information content (AvgIpc) is 2.40. The van der Waals surface area contributed by atoms with E-state index in [-0.39, 0.29) is 18.0 Å². The summed E-state index contributed by atoms with van der Waals surface area (Å²) in [6.45, 7) is 7.97. The van der Waals surface area contributed by atoms with E-state index in [2.05, 4.69) is 13.0 Å². The van der Waals surface area contributed by atoms with Crippen molar-refractivity contribution in [3.05, 3.63) is 64.5 Å². The van der Waals surface area contributed by atoms with Gasteiger partial charge in [-0.1, -0.05) is 18.2 Å². The number of benzene rings is 2. The molecule has 0 bridgehead atoms. The second kappa shape index (κ2) is 6.27. The fraction of sp³-hybridized carbons (Fsp3) is 0.333. The van der Waals surface area contributed by atoms with Gasteiger partial charge >= 0.3 is 0 Å². The van der Waals surface area contributed by atoms with E-state index < -0.39 is 0 Å². The molecule has 0 spiro atoms. The van der Waals surface area contributed by atoms with Crippen LogP contribution in [0.5, 0.6) is 5.75 Å². The lowest BCUT2D eigenvalue weighted by Crippen LogP contribution is -2.29. The SMILES string of the molecule is Cc1cc(C)c(C)c(OC(c2cccc(F)c2)C(C)N)c1. The number of rotatable bonds is 4. The van der Waals surface area contributed by atoms with E-state index >= 15 is 0 Å². The Kier molecular flexibility index (Phi) is 4.63. The summed E-state index contributed by atoms with van der Waals surface area (Å²) in [5.41, 5.74) is 10.2. The van der Waals surface area contributed by atoms with Gasteiger partial charge in [-0.25, -0.2) is 4.39 Å². The van der Waals surface area contributed by atoms with Crippen LogP contribution in [0.15, 0.2) is 36.4 Å². The Hall–Kier alpha value is -1.87. The third-order valence-corrected chi connectivity index (χ3v) is 3.67. The van der Waals surface area contributed by atoms with E-state index in [1.165, 1.54) is 17.7 Å². The zero-order valence-electron chi connectivity index (χ0n) is 13.0. The molecule has 0 amide bonds. The quantitative estimate of drug-likeness (QED) is 0.914. The van der Waals surface area contributed by atoms with E-state index in [0.717, 1.165) is 22.4 Å². The molecular formula is C18H22FNO. The Morgan fingerprint density at radius 2 is 1.81 bits per heavy atom. The van der Waals surface area contributed by atoms with Gasteiger partial charge in [0.2, 0.25) is 0 Å². The first-order valence-electron chi connectivity index (χ1n) is 7.14. The third kappa shape index (κ3) is 3.61. The Labute approximate surface area is 125 Å². The number of ether oxygens (including phenoxy) is 1. The van der Waals surface area contributed by atoms with Crippen molar-refractivity contribution in [2.45, 2.75) is 39.8 Å². The summed E-state index contributed by atoms with van der Waals surface area (Å²) in [6, 6.07) is 10.3. The van der Waals surface area contributed by atoms with Crippen molar-refractivity contribution in [2.24, 2.45) is 5.73 Å². The molecule has 2 rings (SSSR count). The van der Waals surface area contributed by atoms with Crippen LogP contribution in [-0.4, -0.2) is 6.04 Å². The fourth-order valence-electron chi connectivity index (χ4n) is 2.42. The van der Waals surface area contributed by atoms with E-state index in [9.17, 15) is 4.39 Å². The summed E-state index contributed by atoms with van der Waals surface area (Å²) in [4.78, 5) is 0. The van der Waals surface area contributed by atoms with Crippen molar-refractivity contribution in [2.75, 3.05) is 0 Å². The fourth-order valence-corrected chi connectivity index (χ4v) is 2.42. The molecule has 0 aliphatic carbocycles. The average molecular weight is 287 g/mol. The molecule has 2 unspecified atom stereocenters. The third-order valence-electron chi connectivity index (χ3n) is 3.67. The molecule has 2 nitrogen and oxygen atoms in total. The number of nitrogens with two attached hydrogens (primary N) is 1. The standard InChI is InChI=1S/C18H22FNO/c1-11-8-12(2)13(3)17(9-11)21-18(14(4)20)15-6-5-7-16(19)10-15/h5-10,14,18H,20H2,1-4H3. The molecule has 0 saturated carbocycles. The van der Waals surface area contributed by atoms with Crippen LogP contribution in [0.3, 0.4) is 0 Å². The molecular weight excluding hydrogens is 265 g/mol. The maximum absolute atomic E-state index is 13.4. The molecule has 0 aromatic heterocycles. The lowest BCUT2D eigenvalue weighted by atomic mass is 10.0. The molecule has 2 N–H and O–H groups in total. The largest absolute Gasteiger partial charge is 0.484 e. The van der Waals surface area contributed by atoms with Crippen LogP contribution in [0.25, 0.3) is 0 Å². The van der Waals surface area contributed by atoms with Crippen LogP contribution >= 0.6 is 0 Å². The van der Waals surface area contributed by atoms with Crippen LogP contribution in [0.2, 0.25) is 0 Å². The topological polar surface area (TPSA) is 35.2 Å². The normalized spacial score (nSPS) is 13.8. The Bertz CT molecular complexity index is 637. The van der Waals surface area contributed by atoms with Crippen LogP contribution in [0.1, 0.15) is 35.3 Å². The summed E-state index contributed by atoms with van der Waals surface area (Å²) in [5.74, 6) is 0.526. The van der Waals surface area contributed by atoms with Crippen LogP contribution < -0.4 is 10.5 Å². The van der Waals surface area contributed by atoms with Crippen molar-refractivity contribution >= 4 is 0 Å². The van der Waals surface area contributed by atoms with Crippen molar-refractivity contribution in [1.82, 2.24) is 0 Å². The molecule has 0 fully saturated rings. The van der Waals surface area contributed by atoms with Gasteiger partial charge < -0.3 is 10.5 Å². The summed E-state index contributed by atoms with van der Waals surface area (Å²) in [7, 11) is 0. The van der Waals surface area contributed by atoms with Crippen LogP contribution in [0.4, 0.5) is 4.39 Å². The number of halogens is 1. The summed E-state index contributed by atoms with van der Waals surface area (Å²) in [6.07, 6.45) is -0.374. The first kappa shape index (κ1) is 15.5.